The minimum absolute atomic E-state index is 0.0707. The third kappa shape index (κ3) is 4.18. The zero-order valence-electron chi connectivity index (χ0n) is 14.0. The second-order valence-corrected chi connectivity index (χ2v) is 9.11. The number of anilines is 1. The highest BCUT2D eigenvalue weighted by Gasteiger charge is 2.22. The molecule has 0 saturated carbocycles. The average molecular weight is 554 g/mol. The number of nitrogens with zero attached hydrogens (tertiary/aromatic N) is 2. The number of carbonyl (C=O) groups is 1. The lowest BCUT2D eigenvalue weighted by Crippen LogP contribution is -2.13. The molecule has 1 aromatic carbocycles. The fraction of sp³-hybridized carbons (Fsp3) is 0.211. The van der Waals surface area contributed by atoms with Crippen molar-refractivity contribution in [2.75, 3.05) is 5.32 Å². The van der Waals surface area contributed by atoms with Crippen molar-refractivity contribution in [3.05, 3.63) is 47.3 Å². The Morgan fingerprint density at radius 1 is 1.33 bits per heavy atom. The third-order valence-corrected chi connectivity index (χ3v) is 6.86. The Morgan fingerprint density at radius 2 is 2.07 bits per heavy atom. The summed E-state index contributed by atoms with van der Waals surface area (Å²) in [5, 5.41) is 32.0. The molecule has 1 heterocycles. The number of fused-ring (bicyclic) bond motifs is 1. The number of nitrogens with one attached hydrogen (secondary N) is 1. The number of phenols is 1. The molecule has 0 aliphatic heterocycles. The van der Waals surface area contributed by atoms with Gasteiger partial charge in [-0.2, -0.15) is 10.5 Å². The summed E-state index contributed by atoms with van der Waals surface area (Å²) < 4.78 is 1.08. The van der Waals surface area contributed by atoms with Gasteiger partial charge >= 0.3 is 0 Å². The van der Waals surface area contributed by atoms with Gasteiger partial charge in [0, 0.05) is 4.88 Å². The molecule has 0 atom stereocenters. The monoisotopic (exact) mass is 553 g/mol. The average Bonchev–Trinajstić information content (AvgIpc) is 3.00. The zero-order chi connectivity index (χ0) is 19.6. The van der Waals surface area contributed by atoms with Crippen molar-refractivity contribution in [1.29, 1.82) is 10.5 Å². The topological polar surface area (TPSA) is 96.9 Å². The summed E-state index contributed by atoms with van der Waals surface area (Å²) in [6.07, 6.45) is 5.37. The molecule has 0 bridgehead atoms. The van der Waals surface area contributed by atoms with E-state index in [-0.39, 0.29) is 11.3 Å². The van der Waals surface area contributed by atoms with Crippen molar-refractivity contribution >= 4 is 66.8 Å². The molecule has 1 aromatic heterocycles. The molecule has 0 radical (unpaired) electrons. The van der Waals surface area contributed by atoms with Crippen LogP contribution in [0.4, 0.5) is 5.00 Å². The molecule has 3 rings (SSSR count). The smallest absolute Gasteiger partial charge is 0.266 e. The van der Waals surface area contributed by atoms with Crippen LogP contribution < -0.4 is 5.32 Å². The normalized spacial score (nSPS) is 13.4. The Morgan fingerprint density at radius 3 is 2.74 bits per heavy atom. The highest BCUT2D eigenvalue weighted by molar-refractivity contribution is 14.1. The Labute approximate surface area is 182 Å². The van der Waals surface area contributed by atoms with Crippen LogP contribution in [0.5, 0.6) is 5.75 Å². The maximum absolute atomic E-state index is 12.6. The lowest BCUT2D eigenvalue weighted by atomic mass is 9.96. The number of halogens is 2. The number of rotatable bonds is 3. The van der Waals surface area contributed by atoms with E-state index in [0.29, 0.717) is 24.2 Å². The summed E-state index contributed by atoms with van der Waals surface area (Å²) in [5.41, 5.74) is 2.09. The number of carbonyl (C=O) groups excluding carboxylic acids is 1. The van der Waals surface area contributed by atoms with Crippen molar-refractivity contribution in [2.24, 2.45) is 0 Å². The standard InChI is InChI=1S/C19H13BrIN3O2S/c20-14-6-10(7-15(21)17(14)25)5-11(8-22)18(26)24-19-13(9-23)12-3-1-2-4-16(12)27-19/h5-7,25H,1-4H2,(H,24,26)/b11-5+. The summed E-state index contributed by atoms with van der Waals surface area (Å²) in [4.78, 5) is 13.7. The third-order valence-electron chi connectivity index (χ3n) is 4.23. The number of aromatic hydroxyl groups is 1. The quantitative estimate of drug-likeness (QED) is 0.313. The van der Waals surface area contributed by atoms with Crippen LogP contribution in [0.1, 0.15) is 34.4 Å². The van der Waals surface area contributed by atoms with Gasteiger partial charge in [0.2, 0.25) is 0 Å². The van der Waals surface area contributed by atoms with E-state index in [2.05, 4.69) is 27.3 Å². The molecular weight excluding hydrogens is 541 g/mol. The number of aryl methyl sites for hydroxylation is 1. The molecule has 2 aromatic rings. The maximum atomic E-state index is 12.6. The molecule has 8 heteroatoms. The molecule has 27 heavy (non-hydrogen) atoms. The molecule has 0 unspecified atom stereocenters. The van der Waals surface area contributed by atoms with Gasteiger partial charge in [0.05, 0.1) is 13.6 Å². The lowest BCUT2D eigenvalue weighted by Gasteiger charge is -2.09. The van der Waals surface area contributed by atoms with Crippen LogP contribution in [-0.4, -0.2) is 11.0 Å². The summed E-state index contributed by atoms with van der Waals surface area (Å²) in [5.74, 6) is -0.440. The molecule has 0 fully saturated rings. The molecule has 5 nitrogen and oxygen atoms in total. The van der Waals surface area contributed by atoms with Gasteiger partial charge in [-0.1, -0.05) is 0 Å². The van der Waals surface area contributed by atoms with Crippen LogP contribution in [0.3, 0.4) is 0 Å². The highest BCUT2D eigenvalue weighted by atomic mass is 127. The number of hydrogen-bond acceptors (Lipinski definition) is 5. The van der Waals surface area contributed by atoms with Gasteiger partial charge in [0.25, 0.3) is 5.91 Å². The largest absolute Gasteiger partial charge is 0.506 e. The number of amides is 1. The van der Waals surface area contributed by atoms with Gasteiger partial charge in [0.1, 0.15) is 28.5 Å². The first kappa shape index (κ1) is 19.9. The van der Waals surface area contributed by atoms with Crippen molar-refractivity contribution < 1.29 is 9.90 Å². The Hall–Kier alpha value is -1.88. The lowest BCUT2D eigenvalue weighted by molar-refractivity contribution is -0.112. The Bertz CT molecular complexity index is 1020. The van der Waals surface area contributed by atoms with Crippen LogP contribution in [0.2, 0.25) is 0 Å². The van der Waals surface area contributed by atoms with Gasteiger partial charge in [-0.15, -0.1) is 11.3 Å². The molecule has 1 amide bonds. The molecular formula is C19H13BrIN3O2S. The van der Waals surface area contributed by atoms with E-state index in [0.717, 1.165) is 36.1 Å². The number of phenolic OH excluding ortho intramolecular Hbond substituents is 1. The number of benzene rings is 1. The summed E-state index contributed by atoms with van der Waals surface area (Å²) in [6.45, 7) is 0. The molecule has 136 valence electrons. The molecule has 0 saturated heterocycles. The van der Waals surface area contributed by atoms with Gasteiger partial charge in [-0.05, 0) is 93.5 Å². The van der Waals surface area contributed by atoms with Crippen molar-refractivity contribution in [3.63, 3.8) is 0 Å². The Kier molecular flexibility index (Phi) is 6.20. The minimum Gasteiger partial charge on any atom is -0.506 e. The minimum atomic E-state index is -0.549. The molecule has 2 N–H and O–H groups in total. The zero-order valence-corrected chi connectivity index (χ0v) is 18.5. The molecule has 1 aliphatic carbocycles. The van der Waals surface area contributed by atoms with Crippen molar-refractivity contribution in [2.45, 2.75) is 25.7 Å². The predicted octanol–water partition coefficient (Wildman–Crippen LogP) is 5.12. The van der Waals surface area contributed by atoms with Crippen LogP contribution in [-0.2, 0) is 17.6 Å². The van der Waals surface area contributed by atoms with E-state index in [1.807, 2.05) is 28.7 Å². The van der Waals surface area contributed by atoms with Gasteiger partial charge in [-0.25, -0.2) is 0 Å². The fourth-order valence-electron chi connectivity index (χ4n) is 2.93. The summed E-state index contributed by atoms with van der Waals surface area (Å²) >= 11 is 6.65. The first-order valence-electron chi connectivity index (χ1n) is 8.10. The fourth-order valence-corrected chi connectivity index (χ4v) is 5.66. The molecule has 0 spiro atoms. The van der Waals surface area contributed by atoms with Gasteiger partial charge in [0.15, 0.2) is 0 Å². The van der Waals surface area contributed by atoms with E-state index in [9.17, 15) is 20.4 Å². The SMILES string of the molecule is N#C/C(=C\c1cc(Br)c(O)c(I)c1)C(=O)Nc1sc2c(c1C#N)CCCC2. The van der Waals surface area contributed by atoms with Crippen LogP contribution in [0.15, 0.2) is 22.2 Å². The first-order valence-corrected chi connectivity index (χ1v) is 10.8. The van der Waals surface area contributed by atoms with Crippen molar-refractivity contribution in [1.82, 2.24) is 0 Å². The van der Waals surface area contributed by atoms with Gasteiger partial charge in [-0.3, -0.25) is 4.79 Å². The summed E-state index contributed by atoms with van der Waals surface area (Å²) in [7, 11) is 0. The summed E-state index contributed by atoms with van der Waals surface area (Å²) in [6, 6.07) is 7.42. The second-order valence-electron chi connectivity index (χ2n) is 5.98. The van der Waals surface area contributed by atoms with E-state index >= 15 is 0 Å². The van der Waals surface area contributed by atoms with Crippen LogP contribution in [0, 0.1) is 26.2 Å². The van der Waals surface area contributed by atoms with E-state index in [4.69, 9.17) is 0 Å². The predicted molar refractivity (Wildman–Crippen MR) is 116 cm³/mol. The number of hydrogen-bond donors (Lipinski definition) is 2. The van der Waals surface area contributed by atoms with E-state index in [1.165, 1.54) is 17.4 Å². The van der Waals surface area contributed by atoms with Crippen molar-refractivity contribution in [3.8, 4) is 17.9 Å². The van der Waals surface area contributed by atoms with E-state index in [1.54, 1.807) is 12.1 Å². The van der Waals surface area contributed by atoms with Crippen LogP contribution >= 0.6 is 49.9 Å². The van der Waals surface area contributed by atoms with Crippen LogP contribution in [0.25, 0.3) is 6.08 Å². The first-order chi connectivity index (χ1) is 12.9. The maximum Gasteiger partial charge on any atom is 0.266 e. The van der Waals surface area contributed by atoms with Gasteiger partial charge < -0.3 is 10.4 Å². The second kappa shape index (κ2) is 8.42. The molecule has 1 aliphatic rings. The number of thiophene rings is 1. The number of nitriles is 2. The Balaban J connectivity index is 1.90. The highest BCUT2D eigenvalue weighted by Crippen LogP contribution is 2.38. The van der Waals surface area contributed by atoms with E-state index < -0.39 is 5.91 Å².